The third-order valence-electron chi connectivity index (χ3n) is 9.93. The third-order valence-corrected chi connectivity index (χ3v) is 9.93. The van der Waals surface area contributed by atoms with E-state index >= 15 is 0 Å². The molecule has 0 aliphatic heterocycles. The topological polar surface area (TPSA) is 0 Å². The van der Waals surface area contributed by atoms with Crippen molar-refractivity contribution in [3.63, 3.8) is 0 Å². The number of benzene rings is 4. The zero-order valence-electron chi connectivity index (χ0n) is 33.7. The molecule has 0 N–H and O–H groups in total. The maximum absolute atomic E-state index is 4.93. The van der Waals surface area contributed by atoms with Gasteiger partial charge in [0.1, 0.15) is 0 Å². The first kappa shape index (κ1) is 44.2. The molecule has 0 aliphatic rings. The van der Waals surface area contributed by atoms with Gasteiger partial charge in [0.05, 0.1) is 0 Å². The molecule has 0 saturated heterocycles. The van der Waals surface area contributed by atoms with E-state index in [1.165, 1.54) is 78.9 Å². The molecule has 0 fully saturated rings. The van der Waals surface area contributed by atoms with Crippen LogP contribution in [0, 0.1) is 0 Å². The molecule has 2 unspecified atom stereocenters. The summed E-state index contributed by atoms with van der Waals surface area (Å²) in [5.74, 6) is 1.23. The van der Waals surface area contributed by atoms with Gasteiger partial charge in [0.2, 0.25) is 0 Å². The molecule has 0 amide bonds. The second kappa shape index (κ2) is 20.5. The molecule has 0 bridgehead atoms. The van der Waals surface area contributed by atoms with E-state index in [4.69, 9.17) is 17.0 Å². The molecular formula is C48H60Cl2SiZr. The summed E-state index contributed by atoms with van der Waals surface area (Å²) in [6.45, 7) is 27.3. The average Bonchev–Trinajstić information content (AvgIpc) is 3.76. The number of halogens is 2. The van der Waals surface area contributed by atoms with Crippen molar-refractivity contribution in [3.8, 4) is 22.3 Å². The first-order valence-electron chi connectivity index (χ1n) is 18.8. The second-order valence-corrected chi connectivity index (χ2v) is 20.7. The van der Waals surface area contributed by atoms with E-state index in [1.807, 2.05) is 0 Å². The Balaban J connectivity index is 0.000000244. The quantitative estimate of drug-likeness (QED) is 0.116. The Morgan fingerprint density at radius 3 is 1.15 bits per heavy atom. The normalized spacial score (nSPS) is 12.4. The van der Waals surface area contributed by atoms with Crippen LogP contribution >= 0.6 is 17.0 Å². The van der Waals surface area contributed by atoms with Crippen molar-refractivity contribution < 1.29 is 20.8 Å². The molecule has 0 spiro atoms. The summed E-state index contributed by atoms with van der Waals surface area (Å²) in [4.78, 5) is 0. The van der Waals surface area contributed by atoms with Crippen molar-refractivity contribution in [2.24, 2.45) is 0 Å². The third kappa shape index (κ3) is 11.4. The van der Waals surface area contributed by atoms with Crippen molar-refractivity contribution in [1.82, 2.24) is 0 Å². The van der Waals surface area contributed by atoms with E-state index in [2.05, 4.69) is 192 Å². The molecule has 2 radical (unpaired) electrons. The van der Waals surface area contributed by atoms with Crippen molar-refractivity contribution in [2.45, 2.75) is 118 Å². The van der Waals surface area contributed by atoms with Gasteiger partial charge in [-0.15, -0.1) is 69.1 Å². The van der Waals surface area contributed by atoms with Crippen LogP contribution in [0.2, 0.25) is 13.1 Å². The van der Waals surface area contributed by atoms with Gasteiger partial charge >= 0.3 is 37.9 Å². The molecule has 2 atom stereocenters. The van der Waals surface area contributed by atoms with Gasteiger partial charge in [-0.25, -0.2) is 0 Å². The van der Waals surface area contributed by atoms with Gasteiger partial charge in [0, 0.05) is 9.52 Å². The van der Waals surface area contributed by atoms with Crippen LogP contribution in [0.15, 0.2) is 109 Å². The number of hydrogen-bond acceptors (Lipinski definition) is 0. The molecule has 274 valence electrons. The van der Waals surface area contributed by atoms with Gasteiger partial charge in [-0.1, -0.05) is 178 Å². The van der Waals surface area contributed by atoms with E-state index in [9.17, 15) is 0 Å². The van der Waals surface area contributed by atoms with E-state index < -0.39 is 20.8 Å². The first-order chi connectivity index (χ1) is 24.7. The fourth-order valence-corrected chi connectivity index (χ4v) is 6.73. The zero-order chi connectivity index (χ0) is 38.6. The van der Waals surface area contributed by atoms with Crippen LogP contribution in [-0.4, -0.2) is 9.52 Å². The monoisotopic (exact) mass is 824 g/mol. The second-order valence-electron chi connectivity index (χ2n) is 16.0. The minimum atomic E-state index is -0.826. The molecule has 6 aromatic rings. The van der Waals surface area contributed by atoms with Crippen molar-refractivity contribution in [2.75, 3.05) is 0 Å². The number of hydrogen-bond donors (Lipinski definition) is 0. The van der Waals surface area contributed by atoms with Gasteiger partial charge in [0.15, 0.2) is 0 Å². The van der Waals surface area contributed by atoms with Crippen molar-refractivity contribution >= 4 is 48.1 Å². The Morgan fingerprint density at radius 1 is 0.577 bits per heavy atom. The molecule has 0 heterocycles. The molecule has 0 aromatic heterocycles. The molecular weight excluding hydrogens is 767 g/mol. The number of rotatable bonds is 6. The van der Waals surface area contributed by atoms with E-state index in [1.54, 1.807) is 0 Å². The summed E-state index contributed by atoms with van der Waals surface area (Å²) in [6.07, 6.45) is 2.37. The Morgan fingerprint density at radius 2 is 0.885 bits per heavy atom. The molecule has 6 aromatic carbocycles. The Hall–Kier alpha value is -2.22. The minimum absolute atomic E-state index is 0.132. The van der Waals surface area contributed by atoms with Crippen LogP contribution in [0.4, 0.5) is 0 Å². The van der Waals surface area contributed by atoms with E-state index in [0.717, 1.165) is 9.52 Å². The molecule has 6 rings (SSSR count). The van der Waals surface area contributed by atoms with Crippen LogP contribution in [0.3, 0.4) is 0 Å². The summed E-state index contributed by atoms with van der Waals surface area (Å²) >= 11 is -0.826. The molecule has 0 aliphatic carbocycles. The molecule has 4 heteroatoms. The Kier molecular flexibility index (Phi) is 17.4. The van der Waals surface area contributed by atoms with Gasteiger partial charge in [-0.05, 0) is 33.8 Å². The van der Waals surface area contributed by atoms with Crippen molar-refractivity contribution in [3.05, 3.63) is 131 Å². The summed E-state index contributed by atoms with van der Waals surface area (Å²) in [6, 6.07) is 40.5. The summed E-state index contributed by atoms with van der Waals surface area (Å²) < 4.78 is 0. The van der Waals surface area contributed by atoms with E-state index in [0.29, 0.717) is 11.8 Å². The van der Waals surface area contributed by atoms with Gasteiger partial charge in [-0.2, -0.15) is 12.1 Å². The van der Waals surface area contributed by atoms with Crippen LogP contribution in [0.5, 0.6) is 0 Å². The molecule has 0 nitrogen and oxygen atoms in total. The SMILES string of the molecule is CCC(C)c1cc2c(-c3ccccc3)c(C(C)(C)C)ccc2[cH-]1.CCC(C)c1cc2c(-c3ccccc3)c(C(C)(C)C)ccc2[cH-]1.C[Si]C.[Cl][Zr+2][Cl]. The predicted octanol–water partition coefficient (Wildman–Crippen LogP) is 16.2. The van der Waals surface area contributed by atoms with Crippen LogP contribution in [0.25, 0.3) is 43.8 Å². The van der Waals surface area contributed by atoms with E-state index in [-0.39, 0.29) is 10.8 Å². The molecule has 52 heavy (non-hydrogen) atoms. The Bertz CT molecular complexity index is 1790. The summed E-state index contributed by atoms with van der Waals surface area (Å²) in [5, 5.41) is 5.54. The molecule has 0 saturated carbocycles. The van der Waals surface area contributed by atoms with Crippen LogP contribution < -0.4 is 0 Å². The van der Waals surface area contributed by atoms with Gasteiger partial charge in [0.25, 0.3) is 0 Å². The zero-order valence-corrected chi connectivity index (χ0v) is 38.7. The summed E-state index contributed by atoms with van der Waals surface area (Å²) in [5.41, 5.74) is 11.5. The maximum atomic E-state index is 4.93. The van der Waals surface area contributed by atoms with Crippen LogP contribution in [-0.2, 0) is 31.7 Å². The standard InChI is InChI=1S/2C23H27.C2H6Si.2ClH.Zr/c2*1-6-16(2)19-14-18-12-13-21(23(3,4)5)22(20(18)15-19)17-10-8-7-9-11-17;1-3-2;;;/h2*7-16H,6H2,1-5H3;1-2H3;2*1H;/q2*-1;;;;+4/p-2. The van der Waals surface area contributed by atoms with Crippen LogP contribution in [0.1, 0.15) is 116 Å². The average molecular weight is 827 g/mol. The first-order valence-corrected chi connectivity index (χ1v) is 27.1. The van der Waals surface area contributed by atoms with Gasteiger partial charge < -0.3 is 0 Å². The Labute approximate surface area is 338 Å². The fourth-order valence-electron chi connectivity index (χ4n) is 6.73. The number of fused-ring (bicyclic) bond motifs is 2. The predicted molar refractivity (Wildman–Crippen MR) is 234 cm³/mol. The summed E-state index contributed by atoms with van der Waals surface area (Å²) in [7, 11) is 11.0. The van der Waals surface area contributed by atoms with Gasteiger partial charge in [-0.3, -0.25) is 0 Å². The fraction of sp³-hybridized carbons (Fsp3) is 0.375. The van der Waals surface area contributed by atoms with Crippen molar-refractivity contribution in [1.29, 1.82) is 0 Å².